The Kier molecular flexibility index (Phi) is 23.8. The maximum Gasteiger partial charge on any atom is 0.343 e. The average molecular weight is 886 g/mol. The first-order valence-corrected chi connectivity index (χ1v) is 25.1. The van der Waals surface area contributed by atoms with E-state index in [1.54, 1.807) is 48.5 Å². The van der Waals surface area contributed by atoms with Gasteiger partial charge in [0.15, 0.2) is 11.6 Å². The number of unbranched alkanes of at least 4 members (excludes halogenated alkanes) is 22. The molecule has 5 rings (SSSR count). The van der Waals surface area contributed by atoms with Gasteiger partial charge in [-0.2, -0.15) is 0 Å². The van der Waals surface area contributed by atoms with Crippen LogP contribution in [0.4, 0.5) is 0 Å². The van der Waals surface area contributed by atoms with Gasteiger partial charge in [-0.1, -0.05) is 155 Å². The first-order valence-electron chi connectivity index (χ1n) is 25.1. The lowest BCUT2D eigenvalue weighted by atomic mass is 10.1. The molecule has 350 valence electrons. The van der Waals surface area contributed by atoms with Gasteiger partial charge in [-0.3, -0.25) is 0 Å². The second-order valence-corrected chi connectivity index (χ2v) is 17.4. The van der Waals surface area contributed by atoms with E-state index in [9.17, 15) is 9.59 Å². The minimum atomic E-state index is -0.441. The van der Waals surface area contributed by atoms with Gasteiger partial charge >= 0.3 is 11.9 Å². The molecule has 9 nitrogen and oxygen atoms in total. The van der Waals surface area contributed by atoms with Crippen molar-refractivity contribution in [2.75, 3.05) is 13.2 Å². The molecule has 1 aromatic heterocycles. The molecule has 5 aromatic rings. The molecule has 0 saturated heterocycles. The number of nitrogens with zero attached hydrogens (tertiary/aromatic N) is 2. The van der Waals surface area contributed by atoms with Crippen molar-refractivity contribution in [2.24, 2.45) is 0 Å². The van der Waals surface area contributed by atoms with E-state index < -0.39 is 11.9 Å². The zero-order valence-corrected chi connectivity index (χ0v) is 39.5. The van der Waals surface area contributed by atoms with Crippen molar-refractivity contribution >= 4 is 11.9 Å². The molecule has 1 N–H and O–H groups in total. The fraction of sp³-hybridized carbons (Fsp3) is 0.500. The van der Waals surface area contributed by atoms with E-state index in [4.69, 9.17) is 18.9 Å². The molecule has 0 unspecified atom stereocenters. The number of rotatable bonds is 34. The number of carbonyl (C=O) groups is 2. The predicted molar refractivity (Wildman–Crippen MR) is 263 cm³/mol. The number of hydrogen-bond donors (Lipinski definition) is 1. The summed E-state index contributed by atoms with van der Waals surface area (Å²) in [7, 11) is 0. The fourth-order valence-electron chi connectivity index (χ4n) is 7.86. The van der Waals surface area contributed by atoms with Crippen molar-refractivity contribution in [2.45, 2.75) is 168 Å². The molecule has 4 aromatic carbocycles. The number of esters is 2. The molecule has 0 aliphatic heterocycles. The Morgan fingerprint density at radius 2 is 0.646 bits per heavy atom. The Hall–Kier alpha value is -5.44. The van der Waals surface area contributed by atoms with Crippen LogP contribution in [-0.4, -0.2) is 40.3 Å². The molecule has 0 spiro atoms. The number of H-pyrrole nitrogens is 1. The third kappa shape index (κ3) is 19.7. The number of aromatic nitrogens is 3. The zero-order chi connectivity index (χ0) is 45.6. The van der Waals surface area contributed by atoms with Gasteiger partial charge in [0.25, 0.3) is 0 Å². The number of ether oxygens (including phenoxy) is 4. The van der Waals surface area contributed by atoms with Crippen LogP contribution in [0.5, 0.6) is 23.0 Å². The summed E-state index contributed by atoms with van der Waals surface area (Å²) in [6.07, 6.45) is 31.4. The van der Waals surface area contributed by atoms with Crippen molar-refractivity contribution in [3.8, 4) is 45.8 Å². The molecule has 0 amide bonds. The molecule has 0 fully saturated rings. The highest BCUT2D eigenvalue weighted by atomic mass is 16.5. The van der Waals surface area contributed by atoms with Crippen LogP contribution < -0.4 is 18.9 Å². The van der Waals surface area contributed by atoms with E-state index in [0.29, 0.717) is 47.5 Å². The minimum absolute atomic E-state index is 0.422. The SMILES string of the molecule is CCCCCCCCCCCCCCOc1ccc(C(=O)Oc2ccc(-c3nnc(-c4ccc(OC(=O)c5ccc(OCCCCCCCCCCCCCC)cc5)cc4)[nH]3)cc2)cc1. The number of hydrogen-bond acceptors (Lipinski definition) is 8. The second kappa shape index (κ2) is 30.7. The first-order chi connectivity index (χ1) is 32.0. The zero-order valence-electron chi connectivity index (χ0n) is 39.5. The molecule has 0 aliphatic rings. The second-order valence-electron chi connectivity index (χ2n) is 17.4. The molecule has 1 heterocycles. The Morgan fingerprint density at radius 3 is 0.954 bits per heavy atom. The van der Waals surface area contributed by atoms with Gasteiger partial charge < -0.3 is 23.9 Å². The maximum absolute atomic E-state index is 12.9. The summed E-state index contributed by atoms with van der Waals surface area (Å²) in [5, 5.41) is 8.64. The Bertz CT molecular complexity index is 1880. The molecule has 0 saturated carbocycles. The van der Waals surface area contributed by atoms with Crippen LogP contribution in [0.2, 0.25) is 0 Å². The summed E-state index contributed by atoms with van der Waals surface area (Å²) >= 11 is 0. The number of carbonyl (C=O) groups excluding carboxylic acids is 2. The highest BCUT2D eigenvalue weighted by Crippen LogP contribution is 2.26. The van der Waals surface area contributed by atoms with Gasteiger partial charge in [0, 0.05) is 11.1 Å². The van der Waals surface area contributed by atoms with E-state index in [2.05, 4.69) is 29.0 Å². The highest BCUT2D eigenvalue weighted by molar-refractivity contribution is 5.91. The number of benzene rings is 4. The molecule has 0 radical (unpaired) electrons. The maximum atomic E-state index is 12.9. The monoisotopic (exact) mass is 886 g/mol. The van der Waals surface area contributed by atoms with Gasteiger partial charge in [0.1, 0.15) is 23.0 Å². The summed E-state index contributed by atoms with van der Waals surface area (Å²) in [5.41, 5.74) is 2.47. The van der Waals surface area contributed by atoms with Crippen molar-refractivity contribution in [1.29, 1.82) is 0 Å². The lowest BCUT2D eigenvalue weighted by molar-refractivity contribution is 0.0725. The summed E-state index contributed by atoms with van der Waals surface area (Å²) in [4.78, 5) is 29.0. The topological polar surface area (TPSA) is 113 Å². The average Bonchev–Trinajstić information content (AvgIpc) is 3.83. The third-order valence-electron chi connectivity index (χ3n) is 11.9. The summed E-state index contributed by atoms with van der Waals surface area (Å²) in [6.45, 7) is 5.89. The Morgan fingerprint density at radius 1 is 0.369 bits per heavy atom. The van der Waals surface area contributed by atoms with Crippen LogP contribution in [0, 0.1) is 0 Å². The van der Waals surface area contributed by atoms with Gasteiger partial charge in [-0.05, 0) is 110 Å². The van der Waals surface area contributed by atoms with E-state index in [1.807, 2.05) is 48.5 Å². The van der Waals surface area contributed by atoms with E-state index >= 15 is 0 Å². The molecule has 0 bridgehead atoms. The largest absolute Gasteiger partial charge is 0.494 e. The standard InChI is InChI=1S/C56H75N3O6/c1-3-5-7-9-11-13-15-17-19-21-23-25-43-62-49-35-31-47(32-36-49)55(60)64-51-39-27-45(28-40-51)53-57-54(59-58-53)46-29-41-52(42-30-46)65-56(61)48-33-37-50(38-34-48)63-44-26-24-22-20-18-16-14-12-10-8-6-4-2/h27-42H,3-26,43-44H2,1-2H3,(H,57,58,59). The van der Waals surface area contributed by atoms with Crippen molar-refractivity contribution in [3.05, 3.63) is 108 Å². The summed E-state index contributed by atoms with van der Waals surface area (Å²) in [6, 6.07) is 28.4. The number of nitrogens with one attached hydrogen (secondary N) is 1. The van der Waals surface area contributed by atoms with Gasteiger partial charge in [0.05, 0.1) is 24.3 Å². The van der Waals surface area contributed by atoms with Crippen LogP contribution >= 0.6 is 0 Å². The van der Waals surface area contributed by atoms with Crippen LogP contribution in [0.15, 0.2) is 97.1 Å². The van der Waals surface area contributed by atoms with Gasteiger partial charge in [-0.25, -0.2) is 9.59 Å². The normalized spacial score (nSPS) is 11.1. The fourth-order valence-corrected chi connectivity index (χ4v) is 7.86. The minimum Gasteiger partial charge on any atom is -0.494 e. The van der Waals surface area contributed by atoms with Crippen molar-refractivity contribution in [3.63, 3.8) is 0 Å². The smallest absolute Gasteiger partial charge is 0.343 e. The highest BCUT2D eigenvalue weighted by Gasteiger charge is 2.13. The quantitative estimate of drug-likeness (QED) is 0.0247. The van der Waals surface area contributed by atoms with E-state index in [1.165, 1.54) is 141 Å². The molecule has 9 heteroatoms. The van der Waals surface area contributed by atoms with E-state index in [0.717, 1.165) is 35.5 Å². The Balaban J connectivity index is 0.945. The number of aromatic amines is 1. The van der Waals surface area contributed by atoms with Crippen LogP contribution in [0.25, 0.3) is 22.8 Å². The molecule has 0 aliphatic carbocycles. The molecule has 0 atom stereocenters. The van der Waals surface area contributed by atoms with Crippen LogP contribution in [-0.2, 0) is 0 Å². The van der Waals surface area contributed by atoms with Gasteiger partial charge in [-0.15, -0.1) is 10.2 Å². The predicted octanol–water partition coefficient (Wildman–Crippen LogP) is 15.7. The first kappa shape index (κ1) is 50.6. The molecular weight excluding hydrogens is 811 g/mol. The van der Waals surface area contributed by atoms with Crippen molar-refractivity contribution in [1.82, 2.24) is 15.2 Å². The van der Waals surface area contributed by atoms with Crippen LogP contribution in [0.1, 0.15) is 189 Å². The van der Waals surface area contributed by atoms with Crippen molar-refractivity contribution < 1.29 is 28.5 Å². The third-order valence-corrected chi connectivity index (χ3v) is 11.9. The Labute approximate surface area is 389 Å². The van der Waals surface area contributed by atoms with E-state index in [-0.39, 0.29) is 0 Å². The van der Waals surface area contributed by atoms with Gasteiger partial charge in [0.2, 0.25) is 0 Å². The lowest BCUT2D eigenvalue weighted by Gasteiger charge is -2.08. The summed E-state index contributed by atoms with van der Waals surface area (Å²) < 4.78 is 23.1. The van der Waals surface area contributed by atoms with Crippen LogP contribution in [0.3, 0.4) is 0 Å². The summed E-state index contributed by atoms with van der Waals surface area (Å²) in [5.74, 6) is 2.59. The molecular formula is C56H75N3O6. The lowest BCUT2D eigenvalue weighted by Crippen LogP contribution is -2.08. The molecule has 65 heavy (non-hydrogen) atoms.